The van der Waals surface area contributed by atoms with Gasteiger partial charge >= 0.3 is 0 Å². The van der Waals surface area contributed by atoms with Gasteiger partial charge in [0.2, 0.25) is 65.0 Å². The van der Waals surface area contributed by atoms with Crippen molar-refractivity contribution < 1.29 is 66.9 Å². The molecule has 0 aliphatic carbocycles. The molecule has 0 aromatic heterocycles. The van der Waals surface area contributed by atoms with E-state index in [2.05, 4.69) is 16.0 Å². The van der Waals surface area contributed by atoms with Crippen LogP contribution in [0.3, 0.4) is 0 Å². The molecule has 2 aliphatic heterocycles. The van der Waals surface area contributed by atoms with Crippen LogP contribution in [0.2, 0.25) is 0 Å². The highest BCUT2D eigenvalue weighted by Gasteiger charge is 2.43. The molecule has 2 aromatic carbocycles. The average molecular weight is 1340 g/mol. The fraction of sp³-hybridized carbons (Fsp3) is 0.667. The van der Waals surface area contributed by atoms with Crippen LogP contribution in [-0.2, 0) is 70.3 Å². The topological polar surface area (TPSA) is 279 Å². The number of aliphatic hydroxyl groups is 1. The number of aliphatic hydroxyl groups excluding tert-OH is 1. The van der Waals surface area contributed by atoms with Crippen molar-refractivity contribution in [1.82, 2.24) is 55.1 Å². The van der Waals surface area contributed by atoms with Gasteiger partial charge in [-0.1, -0.05) is 109 Å². The summed E-state index contributed by atoms with van der Waals surface area (Å²) < 4.78 is 6.15. The highest BCUT2D eigenvalue weighted by atomic mass is 32.2. The molecule has 4 rings (SSSR count). The van der Waals surface area contributed by atoms with Crippen molar-refractivity contribution in [1.29, 1.82) is 0 Å². The fourth-order valence-corrected chi connectivity index (χ4v) is 12.6. The molecule has 4 N–H and O–H groups in total. The summed E-state index contributed by atoms with van der Waals surface area (Å²) in [5.74, 6) is -8.47. The Morgan fingerprint density at radius 1 is 0.596 bits per heavy atom. The summed E-state index contributed by atoms with van der Waals surface area (Å²) in [7, 11) is 9.93. The van der Waals surface area contributed by atoms with Crippen molar-refractivity contribution in [3.8, 4) is 0 Å². The van der Waals surface area contributed by atoms with E-state index in [9.17, 15) is 38.7 Å². The number of rotatable bonds is 14. The number of likely N-dealkylation sites (N-methyl/N-ethyl adjacent to an activating group) is 7. The lowest BCUT2D eigenvalue weighted by Crippen LogP contribution is -2.62. The maximum absolute atomic E-state index is 15.2. The molecule has 24 nitrogen and oxygen atoms in total. The number of hydrogen-bond acceptors (Lipinski definition) is 14. The highest BCUT2D eigenvalue weighted by molar-refractivity contribution is 8.00. The van der Waals surface area contributed by atoms with Crippen molar-refractivity contribution in [3.63, 3.8) is 0 Å². The number of hydrogen-bond donors (Lipinski definition) is 4. The maximum atomic E-state index is 15.2. The Kier molecular flexibility index (Phi) is 31.0. The van der Waals surface area contributed by atoms with E-state index < -0.39 is 138 Å². The molecule has 94 heavy (non-hydrogen) atoms. The van der Waals surface area contributed by atoms with Gasteiger partial charge in [0.15, 0.2) is 0 Å². The molecule has 0 spiro atoms. The lowest BCUT2D eigenvalue weighted by molar-refractivity contribution is -0.153. The van der Waals surface area contributed by atoms with Gasteiger partial charge in [-0.05, 0) is 95.6 Å². The van der Waals surface area contributed by atoms with E-state index in [1.807, 2.05) is 52.8 Å². The van der Waals surface area contributed by atoms with Crippen LogP contribution in [0, 0.1) is 17.8 Å². The minimum atomic E-state index is -1.65. The van der Waals surface area contributed by atoms with Gasteiger partial charge in [0, 0.05) is 85.3 Å². The van der Waals surface area contributed by atoms with Crippen molar-refractivity contribution in [3.05, 3.63) is 71.8 Å². The first-order valence-electron chi connectivity index (χ1n) is 33.0. The van der Waals surface area contributed by atoms with E-state index in [4.69, 9.17) is 4.74 Å². The molecule has 2 heterocycles. The minimum Gasteiger partial charge on any atom is -0.391 e. The van der Waals surface area contributed by atoms with Crippen LogP contribution < -0.4 is 16.0 Å². The predicted octanol–water partition coefficient (Wildman–Crippen LogP) is 4.20. The molecule has 2 aromatic rings. The van der Waals surface area contributed by atoms with Gasteiger partial charge in [-0.2, -0.15) is 0 Å². The fourth-order valence-electron chi connectivity index (χ4n) is 11.6. The molecule has 0 unspecified atom stereocenters. The van der Waals surface area contributed by atoms with Gasteiger partial charge in [0.1, 0.15) is 54.4 Å². The number of benzene rings is 2. The normalized spacial score (nSPS) is 25.4. The molecule has 530 valence electrons. The molecule has 0 bridgehead atoms. The summed E-state index contributed by atoms with van der Waals surface area (Å²) in [5.41, 5.74) is 0.571. The largest absolute Gasteiger partial charge is 0.391 e. The average Bonchev–Trinajstić information content (AvgIpc) is 0.829. The van der Waals surface area contributed by atoms with Crippen LogP contribution >= 0.6 is 11.8 Å². The number of carbonyl (C=O) groups is 11. The summed E-state index contributed by atoms with van der Waals surface area (Å²) in [6, 6.07) is 6.41. The van der Waals surface area contributed by atoms with Gasteiger partial charge in [-0.3, -0.25) is 52.7 Å². The van der Waals surface area contributed by atoms with Crippen LogP contribution in [0.4, 0.5) is 0 Å². The second-order valence-corrected chi connectivity index (χ2v) is 28.4. The van der Waals surface area contributed by atoms with E-state index in [-0.39, 0.29) is 65.8 Å². The number of likely N-dealkylation sites (tertiary alicyclic amines) is 1. The van der Waals surface area contributed by atoms with Crippen molar-refractivity contribution in [2.24, 2.45) is 17.8 Å². The van der Waals surface area contributed by atoms with E-state index in [1.165, 1.54) is 92.6 Å². The van der Waals surface area contributed by atoms with E-state index >= 15 is 19.2 Å². The lowest BCUT2D eigenvalue weighted by atomic mass is 9.95. The predicted molar refractivity (Wildman–Crippen MR) is 369 cm³/mol. The summed E-state index contributed by atoms with van der Waals surface area (Å²) >= 11 is 1.08. The Morgan fingerprint density at radius 2 is 1.07 bits per heavy atom. The third kappa shape index (κ3) is 22.5. The number of nitrogens with zero attached hydrogens (tertiary/aromatic N) is 8. The van der Waals surface area contributed by atoms with Crippen molar-refractivity contribution in [2.45, 2.75) is 194 Å². The van der Waals surface area contributed by atoms with Crippen LogP contribution in [0.25, 0.3) is 0 Å². The van der Waals surface area contributed by atoms with Gasteiger partial charge in [-0.15, -0.1) is 11.8 Å². The SMILES string of the molecule is CC[C@H](C)[C@H]1C(=O)N[C@H](C(=O)N2CCCCC2)CSCC(=O)N(C)[C@@H](Cc2ccccc2)C(=O)N(C)[C@@H](C)C(=O)N(C)[C@@H](Cc2ccccc2)C(=O)N(C)[C@@H](CC(C)C)C(=O)N[C@@H]([C@@H](C)O)C(=O)N(C)CC(=O)N(C)[C@@H](CC(C)C)C(=O)N[C@@H](COC(C)(C)C)C(=O)N1C.[HH].[HH].[HH]. The summed E-state index contributed by atoms with van der Waals surface area (Å²) in [6.07, 6.45) is 1.47. The Bertz CT molecular complexity index is 2910. The monoisotopic (exact) mass is 1340 g/mol. The Morgan fingerprint density at radius 3 is 1.57 bits per heavy atom. The summed E-state index contributed by atoms with van der Waals surface area (Å²) in [5, 5.41) is 19.7. The molecule has 2 aliphatic rings. The quantitative estimate of drug-likeness (QED) is 0.207. The van der Waals surface area contributed by atoms with Crippen LogP contribution in [0.15, 0.2) is 60.7 Å². The second kappa shape index (κ2) is 36.7. The molecule has 11 atom stereocenters. The molecule has 0 radical (unpaired) electrons. The number of nitrogens with one attached hydrogen (secondary N) is 3. The molecular weight excluding hydrogens is 1220 g/mol. The number of carbonyl (C=O) groups excluding carboxylic acids is 11. The van der Waals surface area contributed by atoms with Crippen molar-refractivity contribution in [2.75, 3.05) is 87.1 Å². The molecule has 2 fully saturated rings. The Hall–Kier alpha value is -7.12. The Labute approximate surface area is 566 Å². The number of ether oxygens (including phenoxy) is 1. The van der Waals surface area contributed by atoms with E-state index in [1.54, 1.807) is 75.1 Å². The number of piperidine rings is 1. The zero-order valence-corrected chi connectivity index (χ0v) is 59.8. The first-order chi connectivity index (χ1) is 44.0. The zero-order chi connectivity index (χ0) is 70.6. The Balaban J connectivity index is 0.0000157. The molecule has 2 saturated heterocycles. The number of amides is 11. The third-order valence-corrected chi connectivity index (χ3v) is 18.9. The van der Waals surface area contributed by atoms with Crippen molar-refractivity contribution >= 4 is 76.7 Å². The van der Waals surface area contributed by atoms with Gasteiger partial charge in [0.25, 0.3) is 0 Å². The van der Waals surface area contributed by atoms with Gasteiger partial charge in [0.05, 0.1) is 30.6 Å². The number of thioether (sulfide) groups is 1. The van der Waals surface area contributed by atoms with Gasteiger partial charge in [-0.25, -0.2) is 0 Å². The summed E-state index contributed by atoms with van der Waals surface area (Å²) in [6.45, 7) is 19.1. The van der Waals surface area contributed by atoms with E-state index in [0.717, 1.165) is 35.9 Å². The third-order valence-electron chi connectivity index (χ3n) is 17.8. The van der Waals surface area contributed by atoms with E-state index in [0.29, 0.717) is 30.6 Å². The molecular formula is C69H115N11O13S. The summed E-state index contributed by atoms with van der Waals surface area (Å²) in [4.78, 5) is 173. The molecule has 25 heteroatoms. The maximum Gasteiger partial charge on any atom is 0.248 e. The smallest absolute Gasteiger partial charge is 0.248 e. The second-order valence-electron chi connectivity index (χ2n) is 27.4. The zero-order valence-electron chi connectivity index (χ0n) is 59.0. The lowest BCUT2D eigenvalue weighted by Gasteiger charge is -2.38. The minimum absolute atomic E-state index is 0. The first kappa shape index (κ1) is 79.3. The molecule has 0 saturated carbocycles. The highest BCUT2D eigenvalue weighted by Crippen LogP contribution is 2.24. The molecule has 11 amide bonds. The van der Waals surface area contributed by atoms with Crippen LogP contribution in [0.5, 0.6) is 0 Å². The van der Waals surface area contributed by atoms with Crippen LogP contribution in [0.1, 0.15) is 130 Å². The standard InChI is InChI=1S/C69H109N11O13S.3H2/c1-19-45(6)59-62(86)71-51(65(89)80-33-27-22-28-34-80)41-94-42-57(83)76(15)54(37-48-29-23-20-24-30-48)66(90)74(13)46(7)63(87)78(17)55(38-49-31-25-21-26-32-49)67(91)77(16)53(36-44(4)5)61(85)72-58(47(8)81)68(92)73(12)39-56(82)75(14)52(35-43(2)3)60(84)70-50(64(88)79(59)18)40-93-69(9,10)11;;;/h20-21,23-26,29-32,43-47,50-55,58-59,81H,19,22,27-28,33-42H2,1-18H3,(H,70,84)(H,71,86)(H,72,85);3*1H/t45-,46-,47+,50-,51-,52-,53-,54-,55-,58-,59-;;;/m0.../s1. The van der Waals surface area contributed by atoms with Crippen LogP contribution in [-0.4, -0.2) is 262 Å². The first-order valence-corrected chi connectivity index (χ1v) is 34.2. The van der Waals surface area contributed by atoms with Gasteiger partial charge < -0.3 is 65.0 Å².